The van der Waals surface area contributed by atoms with Crippen LogP contribution in [0.3, 0.4) is 0 Å². The van der Waals surface area contributed by atoms with Crippen molar-refractivity contribution in [2.45, 2.75) is 19.4 Å². The first-order valence-corrected chi connectivity index (χ1v) is 5.57. The van der Waals surface area contributed by atoms with Crippen LogP contribution in [0.4, 0.5) is 5.69 Å². The molecule has 1 aromatic carbocycles. The molecule has 0 heterocycles. The minimum absolute atomic E-state index is 0.344. The molecular formula is C10H15NOS. The fourth-order valence-corrected chi connectivity index (χ4v) is 1.53. The van der Waals surface area contributed by atoms with E-state index in [1.165, 1.54) is 0 Å². The lowest BCUT2D eigenvalue weighted by atomic mass is 10.1. The van der Waals surface area contributed by atoms with Gasteiger partial charge in [0.2, 0.25) is 0 Å². The molecule has 0 radical (unpaired) electrons. The summed E-state index contributed by atoms with van der Waals surface area (Å²) in [4.78, 5) is 0. The van der Waals surface area contributed by atoms with Crippen molar-refractivity contribution in [3.63, 3.8) is 0 Å². The maximum atomic E-state index is 9.59. The number of aliphatic hydroxyl groups excluding tert-OH is 1. The zero-order valence-corrected chi connectivity index (χ0v) is 8.77. The van der Waals surface area contributed by atoms with Gasteiger partial charge >= 0.3 is 0 Å². The van der Waals surface area contributed by atoms with Crippen molar-refractivity contribution >= 4 is 17.6 Å². The average molecular weight is 197 g/mol. The van der Waals surface area contributed by atoms with Crippen LogP contribution in [0.2, 0.25) is 0 Å². The molecule has 0 spiro atoms. The van der Waals surface area contributed by atoms with E-state index < -0.39 is 0 Å². The van der Waals surface area contributed by atoms with E-state index >= 15 is 0 Å². The first-order valence-electron chi connectivity index (χ1n) is 4.35. The van der Waals surface area contributed by atoms with Gasteiger partial charge in [0, 0.05) is 11.9 Å². The maximum absolute atomic E-state index is 9.59. The van der Waals surface area contributed by atoms with Crippen molar-refractivity contribution in [1.29, 1.82) is 0 Å². The van der Waals surface area contributed by atoms with E-state index in [0.29, 0.717) is 0 Å². The van der Waals surface area contributed by atoms with Gasteiger partial charge in [0.15, 0.2) is 0 Å². The Balaban J connectivity index is 2.78. The molecule has 0 fully saturated rings. The standard InChI is InChI=1S/C10H15NOS/c1-3-10(12)8-5-4-6-9(7-8)11-13-2/h4-7,10-12H,3H2,1-2H3/t10-/m0/s1. The van der Waals surface area contributed by atoms with Gasteiger partial charge in [-0.2, -0.15) is 0 Å². The molecule has 0 bridgehead atoms. The summed E-state index contributed by atoms with van der Waals surface area (Å²) in [6, 6.07) is 7.86. The van der Waals surface area contributed by atoms with E-state index in [2.05, 4.69) is 4.72 Å². The Morgan fingerprint density at radius 1 is 1.54 bits per heavy atom. The van der Waals surface area contributed by atoms with Gasteiger partial charge in [-0.1, -0.05) is 31.0 Å². The van der Waals surface area contributed by atoms with Gasteiger partial charge in [-0.3, -0.25) is 0 Å². The normalized spacial score (nSPS) is 12.5. The van der Waals surface area contributed by atoms with E-state index in [1.54, 1.807) is 11.9 Å². The molecule has 0 unspecified atom stereocenters. The van der Waals surface area contributed by atoms with Gasteiger partial charge in [-0.05, 0) is 24.1 Å². The summed E-state index contributed by atoms with van der Waals surface area (Å²) < 4.78 is 3.13. The topological polar surface area (TPSA) is 32.3 Å². The van der Waals surface area contributed by atoms with Crippen molar-refractivity contribution in [2.75, 3.05) is 11.0 Å². The number of anilines is 1. The van der Waals surface area contributed by atoms with E-state index in [4.69, 9.17) is 0 Å². The Kier molecular flexibility index (Phi) is 4.12. The monoisotopic (exact) mass is 197 g/mol. The zero-order chi connectivity index (χ0) is 9.68. The summed E-state index contributed by atoms with van der Waals surface area (Å²) in [5.41, 5.74) is 2.01. The molecular weight excluding hydrogens is 182 g/mol. The first-order chi connectivity index (χ1) is 6.27. The Bertz CT molecular complexity index is 265. The molecule has 0 aliphatic heterocycles. The molecule has 0 aliphatic carbocycles. The Hall–Kier alpha value is -0.670. The molecule has 1 aromatic rings. The highest BCUT2D eigenvalue weighted by atomic mass is 32.2. The number of aliphatic hydroxyl groups is 1. The third-order valence-electron chi connectivity index (χ3n) is 1.88. The van der Waals surface area contributed by atoms with Crippen molar-refractivity contribution in [3.05, 3.63) is 29.8 Å². The number of nitrogens with one attached hydrogen (secondary N) is 1. The largest absolute Gasteiger partial charge is 0.388 e. The maximum Gasteiger partial charge on any atom is 0.0788 e. The molecule has 0 aliphatic rings. The number of benzene rings is 1. The molecule has 3 heteroatoms. The highest BCUT2D eigenvalue weighted by molar-refractivity contribution is 7.99. The van der Waals surface area contributed by atoms with Crippen molar-refractivity contribution in [2.24, 2.45) is 0 Å². The van der Waals surface area contributed by atoms with Crippen LogP contribution in [-0.4, -0.2) is 11.4 Å². The minimum Gasteiger partial charge on any atom is -0.388 e. The summed E-state index contributed by atoms with van der Waals surface area (Å²) in [5.74, 6) is 0. The predicted octanol–water partition coefficient (Wildman–Crippen LogP) is 2.82. The highest BCUT2D eigenvalue weighted by Gasteiger charge is 2.04. The van der Waals surface area contributed by atoms with Crippen molar-refractivity contribution in [3.8, 4) is 0 Å². The number of hydrogen-bond donors (Lipinski definition) is 2. The average Bonchev–Trinajstić information content (AvgIpc) is 2.18. The third kappa shape index (κ3) is 2.94. The van der Waals surface area contributed by atoms with Gasteiger partial charge in [0.1, 0.15) is 0 Å². The lowest BCUT2D eigenvalue weighted by molar-refractivity contribution is 0.174. The van der Waals surface area contributed by atoms with Gasteiger partial charge < -0.3 is 9.83 Å². The van der Waals surface area contributed by atoms with Crippen LogP contribution in [-0.2, 0) is 0 Å². The molecule has 13 heavy (non-hydrogen) atoms. The van der Waals surface area contributed by atoms with Crippen LogP contribution < -0.4 is 4.72 Å². The fourth-order valence-electron chi connectivity index (χ4n) is 1.16. The highest BCUT2D eigenvalue weighted by Crippen LogP contribution is 2.20. The van der Waals surface area contributed by atoms with Crippen LogP contribution in [0.5, 0.6) is 0 Å². The molecule has 0 saturated heterocycles. The second-order valence-corrected chi connectivity index (χ2v) is 3.47. The Morgan fingerprint density at radius 2 is 2.31 bits per heavy atom. The molecule has 2 N–H and O–H groups in total. The summed E-state index contributed by atoms with van der Waals surface area (Å²) in [6.45, 7) is 1.97. The molecule has 2 nitrogen and oxygen atoms in total. The van der Waals surface area contributed by atoms with Gasteiger partial charge in [-0.15, -0.1) is 0 Å². The molecule has 1 rings (SSSR count). The van der Waals surface area contributed by atoms with Crippen LogP contribution in [0, 0.1) is 0 Å². The van der Waals surface area contributed by atoms with E-state index in [1.807, 2.05) is 37.4 Å². The number of hydrogen-bond acceptors (Lipinski definition) is 3. The summed E-state index contributed by atoms with van der Waals surface area (Å²) >= 11 is 1.55. The second kappa shape index (κ2) is 5.14. The summed E-state index contributed by atoms with van der Waals surface area (Å²) in [5, 5.41) is 9.59. The van der Waals surface area contributed by atoms with Crippen molar-refractivity contribution < 1.29 is 5.11 Å². The predicted molar refractivity (Wildman–Crippen MR) is 58.8 cm³/mol. The third-order valence-corrected chi connectivity index (χ3v) is 2.32. The molecule has 72 valence electrons. The first kappa shape index (κ1) is 10.4. The van der Waals surface area contributed by atoms with Crippen LogP contribution in [0.15, 0.2) is 24.3 Å². The smallest absolute Gasteiger partial charge is 0.0788 e. The van der Waals surface area contributed by atoms with Crippen LogP contribution in [0.25, 0.3) is 0 Å². The van der Waals surface area contributed by atoms with E-state index in [0.717, 1.165) is 17.7 Å². The van der Waals surface area contributed by atoms with Crippen LogP contribution >= 0.6 is 11.9 Å². The van der Waals surface area contributed by atoms with Gasteiger partial charge in [-0.25, -0.2) is 0 Å². The molecule has 0 aromatic heterocycles. The van der Waals surface area contributed by atoms with E-state index in [-0.39, 0.29) is 6.10 Å². The summed E-state index contributed by atoms with van der Waals surface area (Å²) in [6.07, 6.45) is 2.38. The van der Waals surface area contributed by atoms with Gasteiger partial charge in [0.25, 0.3) is 0 Å². The Morgan fingerprint density at radius 3 is 2.92 bits per heavy atom. The fraction of sp³-hybridized carbons (Fsp3) is 0.400. The lowest BCUT2D eigenvalue weighted by Crippen LogP contribution is -1.95. The zero-order valence-electron chi connectivity index (χ0n) is 7.95. The van der Waals surface area contributed by atoms with Gasteiger partial charge in [0.05, 0.1) is 6.10 Å². The Labute approximate surface area is 83.5 Å². The summed E-state index contributed by atoms with van der Waals surface area (Å²) in [7, 11) is 0. The molecule has 0 saturated carbocycles. The quantitative estimate of drug-likeness (QED) is 0.728. The number of rotatable bonds is 4. The minimum atomic E-state index is -0.344. The van der Waals surface area contributed by atoms with E-state index in [9.17, 15) is 5.11 Å². The lowest BCUT2D eigenvalue weighted by Gasteiger charge is -2.09. The molecule has 1 atom stereocenters. The molecule has 0 amide bonds. The second-order valence-electron chi connectivity index (χ2n) is 2.86. The van der Waals surface area contributed by atoms with Crippen LogP contribution in [0.1, 0.15) is 25.0 Å². The van der Waals surface area contributed by atoms with Crippen molar-refractivity contribution in [1.82, 2.24) is 0 Å². The SMILES string of the molecule is CC[C@H](O)c1cccc(NSC)c1.